The summed E-state index contributed by atoms with van der Waals surface area (Å²) < 4.78 is 0. The molecule has 0 aromatic carbocycles. The van der Waals surface area contributed by atoms with Gasteiger partial charge >= 0.3 is 0 Å². The number of likely N-dealkylation sites (N-methyl/N-ethyl adjacent to an activating group) is 1. The second kappa shape index (κ2) is 6.40. The number of fused-ring (bicyclic) bond motifs is 1. The Labute approximate surface area is 147 Å². The zero-order valence-corrected chi connectivity index (χ0v) is 14.0. The van der Waals surface area contributed by atoms with Gasteiger partial charge in [0.2, 0.25) is 0 Å². The molecule has 0 saturated carbocycles. The third-order valence-corrected chi connectivity index (χ3v) is 5.25. The number of hydrogen-bond acceptors (Lipinski definition) is 6. The summed E-state index contributed by atoms with van der Waals surface area (Å²) in [6.45, 7) is 4.34. The molecule has 6 heteroatoms. The molecule has 0 unspecified atom stereocenters. The summed E-state index contributed by atoms with van der Waals surface area (Å²) in [6.07, 6.45) is 5.31. The predicted molar refractivity (Wildman–Crippen MR) is 91.2 cm³/mol. The van der Waals surface area contributed by atoms with Crippen molar-refractivity contribution in [2.45, 2.75) is 12.8 Å². The molecule has 0 saturated heterocycles. The molecule has 1 aliphatic carbocycles. The molecular weight excluding hydrogens is 312 g/mol. The van der Waals surface area contributed by atoms with Crippen molar-refractivity contribution in [3.8, 4) is 18.2 Å². The van der Waals surface area contributed by atoms with E-state index in [0.29, 0.717) is 6.54 Å². The quantitative estimate of drug-likeness (QED) is 0.885. The number of pyridine rings is 1. The van der Waals surface area contributed by atoms with Crippen LogP contribution >= 0.6 is 0 Å². The third-order valence-electron chi connectivity index (χ3n) is 5.25. The summed E-state index contributed by atoms with van der Waals surface area (Å²) >= 11 is 0. The molecule has 1 aromatic heterocycles. The average Bonchev–Trinajstić information content (AvgIpc) is 2.67. The SMILES string of the molecule is CCN1CC=C2C(C#N)=C(N)C(C#N)(C#N)[C@@H](c3ccncc3)[C@@H]2C1. The molecule has 2 aliphatic rings. The van der Waals surface area contributed by atoms with Crippen molar-refractivity contribution in [3.63, 3.8) is 0 Å². The Morgan fingerprint density at radius 2 is 1.96 bits per heavy atom. The van der Waals surface area contributed by atoms with Crippen molar-refractivity contribution < 1.29 is 0 Å². The highest BCUT2D eigenvalue weighted by molar-refractivity contribution is 5.59. The molecule has 0 bridgehead atoms. The highest BCUT2D eigenvalue weighted by atomic mass is 15.1. The number of allylic oxidation sites excluding steroid dienone is 2. The van der Waals surface area contributed by atoms with E-state index in [0.717, 1.165) is 24.2 Å². The fourth-order valence-electron chi connectivity index (χ4n) is 3.94. The summed E-state index contributed by atoms with van der Waals surface area (Å²) in [5, 5.41) is 29.5. The van der Waals surface area contributed by atoms with Crippen molar-refractivity contribution in [1.29, 1.82) is 15.8 Å². The van der Waals surface area contributed by atoms with Crippen LogP contribution in [0.25, 0.3) is 0 Å². The van der Waals surface area contributed by atoms with Gasteiger partial charge in [0.1, 0.15) is 6.07 Å². The Hall–Kier alpha value is -3.14. The van der Waals surface area contributed by atoms with Gasteiger partial charge in [-0.25, -0.2) is 0 Å². The third kappa shape index (κ3) is 2.38. The molecule has 1 aliphatic heterocycles. The van der Waals surface area contributed by atoms with E-state index in [-0.39, 0.29) is 17.2 Å². The standard InChI is InChI=1S/C19H18N6/c1-2-25-8-5-14-15(9-20)18(23)19(11-21,12-22)17(16(14)10-25)13-3-6-24-7-4-13/h3-7,16-17H,2,8,10,23H2,1H3/t16-,17+/m1/s1. The smallest absolute Gasteiger partial charge is 0.191 e. The molecule has 6 nitrogen and oxygen atoms in total. The summed E-state index contributed by atoms with van der Waals surface area (Å²) in [5.74, 6) is -0.583. The van der Waals surface area contributed by atoms with E-state index in [1.807, 2.05) is 18.2 Å². The second-order valence-corrected chi connectivity index (χ2v) is 6.31. The average molecular weight is 330 g/mol. The van der Waals surface area contributed by atoms with Crippen molar-refractivity contribution in [2.24, 2.45) is 17.1 Å². The van der Waals surface area contributed by atoms with Crippen molar-refractivity contribution in [2.75, 3.05) is 19.6 Å². The molecule has 1 aromatic rings. The molecule has 0 amide bonds. The lowest BCUT2D eigenvalue weighted by Gasteiger charge is -2.45. The molecule has 0 spiro atoms. The lowest BCUT2D eigenvalue weighted by Crippen LogP contribution is -2.48. The molecule has 0 fully saturated rings. The molecular formula is C19H18N6. The van der Waals surface area contributed by atoms with Crippen molar-refractivity contribution >= 4 is 0 Å². The summed E-state index contributed by atoms with van der Waals surface area (Å²) in [4.78, 5) is 6.27. The van der Waals surface area contributed by atoms with E-state index in [9.17, 15) is 15.8 Å². The zero-order valence-electron chi connectivity index (χ0n) is 14.0. The summed E-state index contributed by atoms with van der Waals surface area (Å²) in [5.41, 5.74) is 6.71. The van der Waals surface area contributed by atoms with Gasteiger partial charge < -0.3 is 5.73 Å². The molecule has 2 heterocycles. The van der Waals surface area contributed by atoms with Gasteiger partial charge in [0, 0.05) is 37.3 Å². The Bertz CT molecular complexity index is 848. The minimum absolute atomic E-state index is 0.0641. The number of hydrogen-bond donors (Lipinski definition) is 1. The van der Waals surface area contributed by atoms with Crippen LogP contribution in [0.5, 0.6) is 0 Å². The van der Waals surface area contributed by atoms with Crippen LogP contribution < -0.4 is 5.73 Å². The van der Waals surface area contributed by atoms with Gasteiger partial charge in [-0.05, 0) is 29.8 Å². The van der Waals surface area contributed by atoms with E-state index in [4.69, 9.17) is 5.73 Å². The lowest BCUT2D eigenvalue weighted by molar-refractivity contribution is 0.214. The van der Waals surface area contributed by atoms with E-state index in [1.54, 1.807) is 12.4 Å². The number of rotatable bonds is 2. The first-order valence-corrected chi connectivity index (χ1v) is 8.18. The van der Waals surface area contributed by atoms with Crippen molar-refractivity contribution in [1.82, 2.24) is 9.88 Å². The Morgan fingerprint density at radius 1 is 1.28 bits per heavy atom. The fourth-order valence-corrected chi connectivity index (χ4v) is 3.94. The normalized spacial score (nSPS) is 25.1. The highest BCUT2D eigenvalue weighted by Crippen LogP contribution is 2.53. The van der Waals surface area contributed by atoms with Gasteiger partial charge in [-0.1, -0.05) is 13.0 Å². The predicted octanol–water partition coefficient (Wildman–Crippen LogP) is 1.83. The number of nitrogens with zero attached hydrogens (tertiary/aromatic N) is 5. The monoisotopic (exact) mass is 330 g/mol. The zero-order chi connectivity index (χ0) is 18.0. The molecule has 124 valence electrons. The first-order valence-electron chi connectivity index (χ1n) is 8.18. The highest BCUT2D eigenvalue weighted by Gasteiger charge is 2.54. The first kappa shape index (κ1) is 16.7. The van der Waals surface area contributed by atoms with E-state index in [1.165, 1.54) is 0 Å². The number of nitriles is 3. The minimum atomic E-state index is -1.56. The Kier molecular flexibility index (Phi) is 4.28. The maximum absolute atomic E-state index is 9.93. The van der Waals surface area contributed by atoms with Crippen LogP contribution in [0.15, 0.2) is 47.4 Å². The summed E-state index contributed by atoms with van der Waals surface area (Å²) in [7, 11) is 0. The van der Waals surface area contributed by atoms with E-state index >= 15 is 0 Å². The summed E-state index contributed by atoms with van der Waals surface area (Å²) in [6, 6.07) is 10.0. The maximum atomic E-state index is 9.93. The van der Waals surface area contributed by atoms with Gasteiger partial charge in [-0.15, -0.1) is 0 Å². The Morgan fingerprint density at radius 3 is 2.52 bits per heavy atom. The second-order valence-electron chi connectivity index (χ2n) is 6.31. The van der Waals surface area contributed by atoms with Crippen molar-refractivity contribution in [3.05, 3.63) is 53.0 Å². The van der Waals surface area contributed by atoms with Crippen LogP contribution in [0.3, 0.4) is 0 Å². The van der Waals surface area contributed by atoms with Gasteiger partial charge in [0.05, 0.1) is 23.4 Å². The van der Waals surface area contributed by atoms with E-state index < -0.39 is 11.3 Å². The van der Waals surface area contributed by atoms with Crippen LogP contribution in [0.4, 0.5) is 0 Å². The van der Waals surface area contributed by atoms with Crippen LogP contribution in [0.1, 0.15) is 18.4 Å². The molecule has 25 heavy (non-hydrogen) atoms. The fraction of sp³-hybridized carbons (Fsp3) is 0.368. The van der Waals surface area contributed by atoms with Crippen LogP contribution in [-0.2, 0) is 0 Å². The van der Waals surface area contributed by atoms with Gasteiger partial charge in [0.25, 0.3) is 0 Å². The molecule has 0 radical (unpaired) electrons. The minimum Gasteiger partial charge on any atom is -0.399 e. The topological polar surface area (TPSA) is 114 Å². The molecule has 2 atom stereocenters. The molecule has 2 N–H and O–H groups in total. The number of nitrogens with two attached hydrogens (primary N) is 1. The first-order chi connectivity index (χ1) is 12.1. The van der Waals surface area contributed by atoms with Crippen LogP contribution in [-0.4, -0.2) is 29.5 Å². The van der Waals surface area contributed by atoms with Crippen LogP contribution in [0.2, 0.25) is 0 Å². The number of aromatic nitrogens is 1. The van der Waals surface area contributed by atoms with E-state index in [2.05, 4.69) is 35.0 Å². The maximum Gasteiger partial charge on any atom is 0.191 e. The van der Waals surface area contributed by atoms with Gasteiger partial charge in [-0.3, -0.25) is 9.88 Å². The largest absolute Gasteiger partial charge is 0.399 e. The van der Waals surface area contributed by atoms with Gasteiger partial charge in [0.15, 0.2) is 5.41 Å². The Balaban J connectivity index is 2.30. The lowest BCUT2D eigenvalue weighted by atomic mass is 9.58. The molecule has 3 rings (SSSR count). The van der Waals surface area contributed by atoms with Crippen LogP contribution in [0, 0.1) is 45.3 Å². The van der Waals surface area contributed by atoms with Gasteiger partial charge in [-0.2, -0.15) is 15.8 Å².